The molecular weight excluding hydrogens is 467 g/mol. The summed E-state index contributed by atoms with van der Waals surface area (Å²) in [5.41, 5.74) is -0.0471. The maximum atomic E-state index is 12.6. The minimum absolute atomic E-state index is 0.117. The molecule has 0 aliphatic carbocycles. The van der Waals surface area contributed by atoms with E-state index in [2.05, 4.69) is 10.5 Å². The third kappa shape index (κ3) is 6.03. The first-order valence-electron chi connectivity index (χ1n) is 11.0. The maximum Gasteiger partial charge on any atom is 0.416 e. The van der Waals surface area contributed by atoms with Crippen LogP contribution in [0.4, 0.5) is 18.0 Å². The van der Waals surface area contributed by atoms with E-state index in [-0.39, 0.29) is 18.3 Å². The van der Waals surface area contributed by atoms with Crippen molar-refractivity contribution in [3.63, 3.8) is 0 Å². The van der Waals surface area contributed by atoms with Crippen molar-refractivity contribution in [3.8, 4) is 11.5 Å². The molecule has 2 aromatic rings. The van der Waals surface area contributed by atoms with Crippen LogP contribution in [-0.4, -0.2) is 54.5 Å². The Morgan fingerprint density at radius 3 is 2.29 bits per heavy atom. The minimum atomic E-state index is -4.41. The monoisotopic (exact) mass is 491 g/mol. The minimum Gasteiger partial charge on any atom is -0.484 e. The lowest BCUT2D eigenvalue weighted by Crippen LogP contribution is -2.49. The Kier molecular flexibility index (Phi) is 6.86. The topological polar surface area (TPSA) is 89.5 Å². The van der Waals surface area contributed by atoms with E-state index in [0.29, 0.717) is 43.9 Å². The van der Waals surface area contributed by atoms with Gasteiger partial charge < -0.3 is 24.5 Å². The van der Waals surface area contributed by atoms with Crippen LogP contribution in [0.25, 0.3) is 0 Å². The van der Waals surface area contributed by atoms with Crippen LogP contribution in [0, 0.1) is 0 Å². The fourth-order valence-electron chi connectivity index (χ4n) is 3.85. The lowest BCUT2D eigenvalue weighted by molar-refractivity contribution is -0.138. The van der Waals surface area contributed by atoms with Crippen LogP contribution in [0.15, 0.2) is 53.7 Å². The molecule has 2 amide bonds. The number of nitrogens with zero attached hydrogens (tertiary/aromatic N) is 2. The average molecular weight is 491 g/mol. The molecular formula is C24H24F3N3O5. The van der Waals surface area contributed by atoms with Gasteiger partial charge in [-0.2, -0.15) is 13.2 Å². The van der Waals surface area contributed by atoms with Crippen molar-refractivity contribution < 1.29 is 37.1 Å². The molecule has 0 saturated carbocycles. The highest BCUT2D eigenvalue weighted by Gasteiger charge is 2.43. The van der Waals surface area contributed by atoms with Crippen molar-refractivity contribution in [1.82, 2.24) is 10.2 Å². The first-order chi connectivity index (χ1) is 16.6. The van der Waals surface area contributed by atoms with Gasteiger partial charge in [-0.15, -0.1) is 0 Å². The Morgan fingerprint density at radius 2 is 1.71 bits per heavy atom. The van der Waals surface area contributed by atoms with Crippen LogP contribution in [0.2, 0.25) is 0 Å². The number of oxime groups is 1. The van der Waals surface area contributed by atoms with Gasteiger partial charge in [0.05, 0.1) is 17.8 Å². The van der Waals surface area contributed by atoms with Crippen LogP contribution in [-0.2, 0) is 15.7 Å². The van der Waals surface area contributed by atoms with E-state index in [1.807, 2.05) is 0 Å². The Hall–Kier alpha value is -3.76. The Labute approximate surface area is 199 Å². The van der Waals surface area contributed by atoms with Crippen LogP contribution in [0.3, 0.4) is 0 Å². The number of amides is 2. The van der Waals surface area contributed by atoms with E-state index in [9.17, 15) is 22.8 Å². The first kappa shape index (κ1) is 24.4. The molecule has 11 heteroatoms. The predicted octanol–water partition coefficient (Wildman–Crippen LogP) is 3.99. The number of alkyl carbamates (subject to hydrolysis) is 1. The summed E-state index contributed by atoms with van der Waals surface area (Å²) in [5.74, 6) is 0.534. The second kappa shape index (κ2) is 9.85. The van der Waals surface area contributed by atoms with Crippen molar-refractivity contribution in [2.24, 2.45) is 5.16 Å². The Morgan fingerprint density at radius 1 is 1.09 bits per heavy atom. The van der Waals surface area contributed by atoms with Gasteiger partial charge in [-0.05, 0) is 61.0 Å². The van der Waals surface area contributed by atoms with Gasteiger partial charge in [0.1, 0.15) is 11.4 Å². The van der Waals surface area contributed by atoms with Gasteiger partial charge in [-0.3, -0.25) is 4.79 Å². The van der Waals surface area contributed by atoms with Crippen LogP contribution < -0.4 is 14.9 Å². The van der Waals surface area contributed by atoms with Crippen LogP contribution in [0.1, 0.15) is 30.9 Å². The number of nitrogens with one attached hydrogen (secondary N) is 1. The molecule has 186 valence electrons. The molecule has 2 saturated heterocycles. The number of carbonyl (C=O) groups is 2. The number of rotatable bonds is 6. The summed E-state index contributed by atoms with van der Waals surface area (Å²) in [6.07, 6.45) is -3.66. The molecule has 0 unspecified atom stereocenters. The number of halogens is 3. The molecule has 35 heavy (non-hydrogen) atoms. The van der Waals surface area contributed by atoms with Crippen LogP contribution >= 0.6 is 0 Å². The lowest BCUT2D eigenvalue weighted by Gasteiger charge is -2.37. The first-order valence-corrected chi connectivity index (χ1v) is 11.0. The van der Waals surface area contributed by atoms with Gasteiger partial charge in [-0.25, -0.2) is 4.79 Å². The summed E-state index contributed by atoms with van der Waals surface area (Å²) in [5, 5.41) is 6.62. The zero-order valence-electron chi connectivity index (χ0n) is 18.9. The van der Waals surface area contributed by atoms with Crippen molar-refractivity contribution in [1.29, 1.82) is 0 Å². The van der Waals surface area contributed by atoms with Crippen molar-refractivity contribution in [3.05, 3.63) is 59.7 Å². The molecule has 0 atom stereocenters. The molecule has 0 aromatic heterocycles. The highest BCUT2D eigenvalue weighted by Crippen LogP contribution is 2.31. The fraction of sp³-hybridized carbons (Fsp3) is 0.375. The molecule has 1 spiro atoms. The zero-order chi connectivity index (χ0) is 25.1. The Balaban J connectivity index is 1.25. The van der Waals surface area contributed by atoms with Gasteiger partial charge >= 0.3 is 12.3 Å². The van der Waals surface area contributed by atoms with Gasteiger partial charge in [0.25, 0.3) is 5.91 Å². The number of hydrogen-bond donors (Lipinski definition) is 1. The number of hydrogen-bond acceptors (Lipinski definition) is 6. The highest BCUT2D eigenvalue weighted by molar-refractivity contribution is 5.98. The summed E-state index contributed by atoms with van der Waals surface area (Å²) in [6, 6.07) is 11.1. The lowest BCUT2D eigenvalue weighted by atomic mass is 9.91. The third-order valence-corrected chi connectivity index (χ3v) is 6.00. The van der Waals surface area contributed by atoms with E-state index < -0.39 is 23.4 Å². The second-order valence-corrected chi connectivity index (χ2v) is 8.41. The molecule has 4 rings (SSSR count). The smallest absolute Gasteiger partial charge is 0.416 e. The van der Waals surface area contributed by atoms with Gasteiger partial charge in [0, 0.05) is 25.9 Å². The van der Waals surface area contributed by atoms with E-state index in [1.165, 1.54) is 12.1 Å². The average Bonchev–Trinajstić information content (AvgIpc) is 3.21. The zero-order valence-corrected chi connectivity index (χ0v) is 18.9. The number of alkyl halides is 3. The number of likely N-dealkylation sites (tertiary alicyclic amines) is 1. The summed E-state index contributed by atoms with van der Waals surface area (Å²) >= 11 is 0. The predicted molar refractivity (Wildman–Crippen MR) is 119 cm³/mol. The molecule has 2 aliphatic heterocycles. The standard InChI is InChI=1S/C24H24F3N3O5/c1-16(29-35-20-8-4-18(5-9-20)24(25,26)27)17-2-6-19(7-3-17)33-14-21(31)30-12-10-23(11-13-30)15-28-22(32)34-23/h2-9H,10-15H2,1H3,(H,28,32)/b29-16+. The number of ether oxygens (including phenoxy) is 2. The van der Waals surface area contributed by atoms with Crippen molar-refractivity contribution in [2.45, 2.75) is 31.5 Å². The van der Waals surface area contributed by atoms with Crippen LogP contribution in [0.5, 0.6) is 11.5 Å². The van der Waals surface area contributed by atoms with Gasteiger partial charge in [0.2, 0.25) is 0 Å². The van der Waals surface area contributed by atoms with Gasteiger partial charge in [0.15, 0.2) is 12.4 Å². The highest BCUT2D eigenvalue weighted by atomic mass is 19.4. The summed E-state index contributed by atoms with van der Waals surface area (Å²) in [6.45, 7) is 3.03. The van der Waals surface area contributed by atoms with Crippen molar-refractivity contribution in [2.75, 3.05) is 26.2 Å². The normalized spacial score (nSPS) is 17.7. The molecule has 2 aliphatic rings. The summed E-state index contributed by atoms with van der Waals surface area (Å²) in [7, 11) is 0. The number of carbonyl (C=O) groups excluding carboxylic acids is 2. The summed E-state index contributed by atoms with van der Waals surface area (Å²) in [4.78, 5) is 30.7. The largest absolute Gasteiger partial charge is 0.484 e. The maximum absolute atomic E-state index is 12.6. The second-order valence-electron chi connectivity index (χ2n) is 8.41. The van der Waals surface area contributed by atoms with E-state index >= 15 is 0 Å². The number of benzene rings is 2. The molecule has 2 fully saturated rings. The fourth-order valence-corrected chi connectivity index (χ4v) is 3.85. The quantitative estimate of drug-likeness (QED) is 0.488. The molecule has 0 radical (unpaired) electrons. The molecule has 2 heterocycles. The summed E-state index contributed by atoms with van der Waals surface area (Å²) < 4.78 is 48.9. The Bertz CT molecular complexity index is 1090. The SMILES string of the molecule is C/C(=N\Oc1ccc(C(F)(F)F)cc1)c1ccc(OCC(=O)N2CCC3(CC2)CNC(=O)O3)cc1. The molecule has 8 nitrogen and oxygen atoms in total. The molecule has 0 bridgehead atoms. The van der Waals surface area contributed by atoms with E-state index in [0.717, 1.165) is 17.7 Å². The molecule has 2 aromatic carbocycles. The van der Waals surface area contributed by atoms with Crippen molar-refractivity contribution >= 4 is 17.7 Å². The number of piperidine rings is 1. The van der Waals surface area contributed by atoms with E-state index in [4.69, 9.17) is 14.3 Å². The van der Waals surface area contributed by atoms with E-state index in [1.54, 1.807) is 36.1 Å². The molecule has 1 N–H and O–H groups in total. The third-order valence-electron chi connectivity index (χ3n) is 6.00. The van der Waals surface area contributed by atoms with Gasteiger partial charge in [-0.1, -0.05) is 5.16 Å².